The highest BCUT2D eigenvalue weighted by molar-refractivity contribution is 5.98. The van der Waals surface area contributed by atoms with Crippen molar-refractivity contribution in [3.05, 3.63) is 78.8 Å². The van der Waals surface area contributed by atoms with Crippen LogP contribution in [0.2, 0.25) is 0 Å². The van der Waals surface area contributed by atoms with Crippen molar-refractivity contribution in [1.82, 2.24) is 19.7 Å². The van der Waals surface area contributed by atoms with E-state index in [0.717, 1.165) is 52.1 Å². The maximum absolute atomic E-state index is 6.52. The van der Waals surface area contributed by atoms with Crippen LogP contribution in [0.4, 0.5) is 0 Å². The minimum absolute atomic E-state index is 0.184. The van der Waals surface area contributed by atoms with Gasteiger partial charge in [-0.25, -0.2) is 9.97 Å². The van der Waals surface area contributed by atoms with Crippen molar-refractivity contribution in [2.24, 2.45) is 12.8 Å². The fourth-order valence-corrected chi connectivity index (χ4v) is 4.44. The summed E-state index contributed by atoms with van der Waals surface area (Å²) in [4.78, 5) is 9.52. The Balaban J connectivity index is 1.53. The first-order valence-electron chi connectivity index (χ1n) is 10.8. The number of aromatic nitrogens is 4. The zero-order valence-electron chi connectivity index (χ0n) is 17.8. The molecule has 6 nitrogen and oxygen atoms in total. The van der Waals surface area contributed by atoms with Crippen LogP contribution in [0.15, 0.2) is 77.6 Å². The number of fused-ring (bicyclic) bond motifs is 1. The molecule has 3 aromatic heterocycles. The second-order valence-corrected chi connectivity index (χ2v) is 8.57. The van der Waals surface area contributed by atoms with E-state index in [9.17, 15) is 0 Å². The largest absolute Gasteiger partial charge is 0.436 e. The Kier molecular flexibility index (Phi) is 4.23. The Hall–Kier alpha value is -3.77. The third-order valence-electron chi connectivity index (χ3n) is 6.43. The summed E-state index contributed by atoms with van der Waals surface area (Å²) in [7, 11) is 1.89. The molecule has 1 saturated carbocycles. The summed E-state index contributed by atoms with van der Waals surface area (Å²) in [6.07, 6.45) is 8.73. The molecule has 0 aliphatic heterocycles. The molecule has 0 radical (unpaired) electrons. The van der Waals surface area contributed by atoms with Gasteiger partial charge in [-0.2, -0.15) is 5.10 Å². The minimum atomic E-state index is -0.184. The molecule has 2 N–H and O–H groups in total. The minimum Gasteiger partial charge on any atom is -0.436 e. The molecule has 0 amide bonds. The maximum atomic E-state index is 6.52. The average molecular weight is 422 g/mol. The van der Waals surface area contributed by atoms with Gasteiger partial charge in [-0.15, -0.1) is 0 Å². The molecule has 1 fully saturated rings. The summed E-state index contributed by atoms with van der Waals surface area (Å²) in [5, 5.41) is 4.26. The van der Waals surface area contributed by atoms with E-state index in [1.807, 2.05) is 31.4 Å². The number of hydrogen-bond donors (Lipinski definition) is 1. The van der Waals surface area contributed by atoms with Gasteiger partial charge in [0.05, 0.1) is 23.7 Å². The summed E-state index contributed by atoms with van der Waals surface area (Å²) >= 11 is 0. The van der Waals surface area contributed by atoms with Gasteiger partial charge >= 0.3 is 0 Å². The molecule has 0 atom stereocenters. The van der Waals surface area contributed by atoms with E-state index in [0.29, 0.717) is 5.71 Å². The molecule has 0 bridgehead atoms. The summed E-state index contributed by atoms with van der Waals surface area (Å²) < 4.78 is 8.03. The molecule has 6 rings (SSSR count). The number of nitrogens with zero attached hydrogens (tertiary/aromatic N) is 4. The fourth-order valence-electron chi connectivity index (χ4n) is 4.44. The third kappa shape index (κ3) is 3.03. The van der Waals surface area contributed by atoms with Crippen molar-refractivity contribution < 1.29 is 4.42 Å². The number of furan rings is 1. The molecular weight excluding hydrogens is 398 g/mol. The molecule has 32 heavy (non-hydrogen) atoms. The van der Waals surface area contributed by atoms with Gasteiger partial charge in [0.1, 0.15) is 11.3 Å². The van der Waals surface area contributed by atoms with Crippen LogP contribution in [0, 0.1) is 0 Å². The van der Waals surface area contributed by atoms with E-state index in [-0.39, 0.29) is 5.54 Å². The van der Waals surface area contributed by atoms with Crippen molar-refractivity contribution in [1.29, 1.82) is 0 Å². The van der Waals surface area contributed by atoms with E-state index in [4.69, 9.17) is 15.1 Å². The Labute approximate surface area is 185 Å². The van der Waals surface area contributed by atoms with Crippen molar-refractivity contribution >= 4 is 11.2 Å². The topological polar surface area (TPSA) is 82.8 Å². The molecule has 3 heterocycles. The average Bonchev–Trinajstić information content (AvgIpc) is 3.41. The fraction of sp³-hybridized carbons (Fsp3) is 0.192. The van der Waals surface area contributed by atoms with Gasteiger partial charge in [0.25, 0.3) is 0 Å². The Bertz CT molecular complexity index is 1410. The first-order valence-corrected chi connectivity index (χ1v) is 10.8. The van der Waals surface area contributed by atoms with E-state index in [1.54, 1.807) is 17.1 Å². The van der Waals surface area contributed by atoms with Gasteiger partial charge < -0.3 is 10.2 Å². The van der Waals surface area contributed by atoms with E-state index in [1.165, 1.54) is 12.0 Å². The summed E-state index contributed by atoms with van der Waals surface area (Å²) in [5.74, 6) is 0.765. The highest BCUT2D eigenvalue weighted by Gasteiger charge is 2.34. The lowest BCUT2D eigenvalue weighted by Crippen LogP contribution is -2.43. The molecule has 1 aliphatic carbocycles. The quantitative estimate of drug-likeness (QED) is 0.426. The van der Waals surface area contributed by atoms with Crippen LogP contribution in [0.5, 0.6) is 0 Å². The number of hydrogen-bond acceptors (Lipinski definition) is 5. The van der Waals surface area contributed by atoms with Crippen LogP contribution in [-0.4, -0.2) is 19.7 Å². The van der Waals surface area contributed by atoms with Crippen LogP contribution in [0.3, 0.4) is 0 Å². The molecular formula is C26H23N5O. The predicted octanol–water partition coefficient (Wildman–Crippen LogP) is 5.30. The van der Waals surface area contributed by atoms with Crippen LogP contribution in [-0.2, 0) is 12.6 Å². The SMILES string of the molecule is Cn1cc(-c2cnc3oc(-c4ccc(C5(N)CCC5)cc4)c(-c4ccccc4)c3n2)cn1. The Morgan fingerprint density at radius 2 is 1.72 bits per heavy atom. The number of benzene rings is 2. The summed E-state index contributed by atoms with van der Waals surface area (Å²) in [5.41, 5.74) is 13.4. The first kappa shape index (κ1) is 19.0. The van der Waals surface area contributed by atoms with Crippen LogP contribution in [0.1, 0.15) is 24.8 Å². The number of aryl methyl sites for hydroxylation is 1. The summed E-state index contributed by atoms with van der Waals surface area (Å²) in [6.45, 7) is 0. The van der Waals surface area contributed by atoms with Crippen molar-refractivity contribution in [2.75, 3.05) is 0 Å². The zero-order valence-corrected chi connectivity index (χ0v) is 17.8. The van der Waals surface area contributed by atoms with Crippen LogP contribution < -0.4 is 5.73 Å². The van der Waals surface area contributed by atoms with Gasteiger partial charge in [-0.05, 0) is 30.4 Å². The zero-order chi connectivity index (χ0) is 21.7. The standard InChI is InChI=1S/C26H23N5O/c1-31-16-19(14-29-31)21-15-28-25-23(30-21)22(17-6-3-2-4-7-17)24(32-25)18-8-10-20(11-9-18)26(27)12-5-13-26/h2-4,6-11,14-16H,5,12-13,27H2,1H3. The highest BCUT2D eigenvalue weighted by Crippen LogP contribution is 2.42. The molecule has 6 heteroatoms. The van der Waals surface area contributed by atoms with Gasteiger partial charge in [0, 0.05) is 29.9 Å². The second kappa shape index (κ2) is 7.14. The lowest BCUT2D eigenvalue weighted by Gasteiger charge is -2.38. The van der Waals surface area contributed by atoms with Crippen molar-refractivity contribution in [3.8, 4) is 33.7 Å². The van der Waals surface area contributed by atoms with Gasteiger partial charge in [-0.3, -0.25) is 4.68 Å². The molecule has 5 aromatic rings. The van der Waals surface area contributed by atoms with Gasteiger partial charge in [0.2, 0.25) is 5.71 Å². The Morgan fingerprint density at radius 3 is 2.38 bits per heavy atom. The number of nitrogens with two attached hydrogens (primary N) is 1. The van der Waals surface area contributed by atoms with Crippen LogP contribution in [0.25, 0.3) is 44.9 Å². The van der Waals surface area contributed by atoms with E-state index >= 15 is 0 Å². The van der Waals surface area contributed by atoms with E-state index < -0.39 is 0 Å². The number of rotatable bonds is 4. The monoisotopic (exact) mass is 421 g/mol. The molecule has 2 aromatic carbocycles. The molecule has 0 spiro atoms. The summed E-state index contributed by atoms with van der Waals surface area (Å²) in [6, 6.07) is 18.6. The predicted molar refractivity (Wildman–Crippen MR) is 125 cm³/mol. The Morgan fingerprint density at radius 1 is 0.938 bits per heavy atom. The highest BCUT2D eigenvalue weighted by atomic mass is 16.3. The molecule has 158 valence electrons. The molecule has 0 saturated heterocycles. The third-order valence-corrected chi connectivity index (χ3v) is 6.43. The maximum Gasteiger partial charge on any atom is 0.246 e. The first-order chi connectivity index (χ1) is 15.6. The smallest absolute Gasteiger partial charge is 0.246 e. The van der Waals surface area contributed by atoms with Crippen LogP contribution >= 0.6 is 0 Å². The lowest BCUT2D eigenvalue weighted by molar-refractivity contribution is 0.253. The van der Waals surface area contributed by atoms with E-state index in [2.05, 4.69) is 46.5 Å². The van der Waals surface area contributed by atoms with Gasteiger partial charge in [0.15, 0.2) is 0 Å². The van der Waals surface area contributed by atoms with Crippen molar-refractivity contribution in [2.45, 2.75) is 24.8 Å². The van der Waals surface area contributed by atoms with Gasteiger partial charge in [-0.1, -0.05) is 54.6 Å². The van der Waals surface area contributed by atoms with Crippen molar-refractivity contribution in [3.63, 3.8) is 0 Å². The molecule has 1 aliphatic rings. The lowest BCUT2D eigenvalue weighted by atomic mass is 9.72. The molecule has 0 unspecified atom stereocenters. The second-order valence-electron chi connectivity index (χ2n) is 8.57. The normalized spacial score (nSPS) is 15.1.